The minimum atomic E-state index is 0.462. The molecule has 0 saturated carbocycles. The van der Waals surface area contributed by atoms with E-state index in [0.29, 0.717) is 5.92 Å². The molecule has 0 spiro atoms. The normalized spacial score (nSPS) is 22.9. The molecule has 1 saturated heterocycles. The standard InChI is InChI=1S/C8H9BrN2O/c9-8-3-7(10-5-11-8)6-1-2-12-4-6/h3,5-6H,1-2,4H2. The molecule has 4 heteroatoms. The highest BCUT2D eigenvalue weighted by molar-refractivity contribution is 9.10. The van der Waals surface area contributed by atoms with Crippen LogP contribution in [0.25, 0.3) is 0 Å². The van der Waals surface area contributed by atoms with Crippen molar-refractivity contribution in [2.75, 3.05) is 13.2 Å². The summed E-state index contributed by atoms with van der Waals surface area (Å²) in [5, 5.41) is 0. The van der Waals surface area contributed by atoms with E-state index in [1.165, 1.54) is 0 Å². The number of hydrogen-bond acceptors (Lipinski definition) is 3. The Kier molecular flexibility index (Phi) is 2.37. The number of rotatable bonds is 1. The molecule has 1 unspecified atom stereocenters. The van der Waals surface area contributed by atoms with E-state index in [0.717, 1.165) is 29.9 Å². The lowest BCUT2D eigenvalue weighted by Crippen LogP contribution is -2.00. The van der Waals surface area contributed by atoms with Crippen molar-refractivity contribution in [3.63, 3.8) is 0 Å². The van der Waals surface area contributed by atoms with Crippen LogP contribution < -0.4 is 0 Å². The molecule has 2 heterocycles. The summed E-state index contributed by atoms with van der Waals surface area (Å²) in [6.45, 7) is 1.65. The average molecular weight is 229 g/mol. The predicted molar refractivity (Wildman–Crippen MR) is 47.9 cm³/mol. The summed E-state index contributed by atoms with van der Waals surface area (Å²) in [5.41, 5.74) is 1.08. The second kappa shape index (κ2) is 3.49. The van der Waals surface area contributed by atoms with Crippen molar-refractivity contribution in [2.24, 2.45) is 0 Å². The summed E-state index contributed by atoms with van der Waals surface area (Å²) in [4.78, 5) is 8.18. The van der Waals surface area contributed by atoms with Gasteiger partial charge >= 0.3 is 0 Å². The highest BCUT2D eigenvalue weighted by atomic mass is 79.9. The van der Waals surface area contributed by atoms with E-state index in [2.05, 4.69) is 25.9 Å². The molecule has 0 N–H and O–H groups in total. The zero-order valence-electron chi connectivity index (χ0n) is 6.53. The smallest absolute Gasteiger partial charge is 0.116 e. The van der Waals surface area contributed by atoms with Crippen LogP contribution in [-0.2, 0) is 4.74 Å². The first-order valence-electron chi connectivity index (χ1n) is 3.91. The number of ether oxygens (including phenoxy) is 1. The Balaban J connectivity index is 2.21. The molecule has 1 atom stereocenters. The molecule has 0 aromatic carbocycles. The minimum Gasteiger partial charge on any atom is -0.381 e. The maximum Gasteiger partial charge on any atom is 0.116 e. The molecule has 2 rings (SSSR count). The van der Waals surface area contributed by atoms with Gasteiger partial charge in [0.15, 0.2) is 0 Å². The van der Waals surface area contributed by atoms with Crippen LogP contribution in [0.5, 0.6) is 0 Å². The number of halogens is 1. The van der Waals surface area contributed by atoms with E-state index in [1.54, 1.807) is 6.33 Å². The zero-order valence-corrected chi connectivity index (χ0v) is 8.12. The van der Waals surface area contributed by atoms with Gasteiger partial charge in [-0.2, -0.15) is 0 Å². The van der Waals surface area contributed by atoms with E-state index in [4.69, 9.17) is 4.74 Å². The second-order valence-corrected chi connectivity index (χ2v) is 3.64. The molecule has 1 aromatic rings. The topological polar surface area (TPSA) is 35.0 Å². The quantitative estimate of drug-likeness (QED) is 0.688. The maximum absolute atomic E-state index is 5.28. The Morgan fingerprint density at radius 2 is 2.42 bits per heavy atom. The van der Waals surface area contributed by atoms with Gasteiger partial charge in [-0.15, -0.1) is 0 Å². The van der Waals surface area contributed by atoms with Gasteiger partial charge in [0.25, 0.3) is 0 Å². The largest absolute Gasteiger partial charge is 0.381 e. The van der Waals surface area contributed by atoms with Crippen molar-refractivity contribution in [3.05, 3.63) is 22.7 Å². The minimum absolute atomic E-state index is 0.462. The fraction of sp³-hybridized carbons (Fsp3) is 0.500. The molecule has 12 heavy (non-hydrogen) atoms. The van der Waals surface area contributed by atoms with Gasteiger partial charge in [-0.05, 0) is 28.4 Å². The van der Waals surface area contributed by atoms with Crippen LogP contribution in [0.15, 0.2) is 17.0 Å². The third-order valence-electron chi connectivity index (χ3n) is 2.00. The SMILES string of the molecule is Brc1cc(C2CCOC2)ncn1. The predicted octanol–water partition coefficient (Wildman–Crippen LogP) is 1.74. The molecule has 3 nitrogen and oxygen atoms in total. The second-order valence-electron chi connectivity index (χ2n) is 2.83. The van der Waals surface area contributed by atoms with Gasteiger partial charge in [0, 0.05) is 12.5 Å². The third kappa shape index (κ3) is 1.64. The van der Waals surface area contributed by atoms with Crippen LogP contribution >= 0.6 is 15.9 Å². The van der Waals surface area contributed by atoms with Crippen molar-refractivity contribution in [2.45, 2.75) is 12.3 Å². The molecule has 1 fully saturated rings. The summed E-state index contributed by atoms with van der Waals surface area (Å²) in [6.07, 6.45) is 2.65. The fourth-order valence-corrected chi connectivity index (χ4v) is 1.66. The first-order chi connectivity index (χ1) is 5.86. The summed E-state index contributed by atoms with van der Waals surface area (Å²) < 4.78 is 6.12. The van der Waals surface area contributed by atoms with Gasteiger partial charge in [0.2, 0.25) is 0 Å². The van der Waals surface area contributed by atoms with E-state index in [9.17, 15) is 0 Å². The zero-order chi connectivity index (χ0) is 8.39. The van der Waals surface area contributed by atoms with Gasteiger partial charge in [-0.25, -0.2) is 9.97 Å². The van der Waals surface area contributed by atoms with Gasteiger partial charge < -0.3 is 4.74 Å². The van der Waals surface area contributed by atoms with Crippen molar-refractivity contribution in [1.82, 2.24) is 9.97 Å². The van der Waals surface area contributed by atoms with Gasteiger partial charge in [-0.3, -0.25) is 0 Å². The highest BCUT2D eigenvalue weighted by Gasteiger charge is 2.18. The first-order valence-corrected chi connectivity index (χ1v) is 4.71. The Bertz CT molecular complexity index is 274. The number of aromatic nitrogens is 2. The third-order valence-corrected chi connectivity index (χ3v) is 2.44. The highest BCUT2D eigenvalue weighted by Crippen LogP contribution is 2.24. The van der Waals surface area contributed by atoms with E-state index < -0.39 is 0 Å². The van der Waals surface area contributed by atoms with Gasteiger partial charge in [-0.1, -0.05) is 0 Å². The van der Waals surface area contributed by atoms with Gasteiger partial charge in [0.1, 0.15) is 10.9 Å². The Morgan fingerprint density at radius 3 is 3.08 bits per heavy atom. The molecule has 1 aliphatic rings. The van der Waals surface area contributed by atoms with Crippen molar-refractivity contribution in [1.29, 1.82) is 0 Å². The van der Waals surface area contributed by atoms with Gasteiger partial charge in [0.05, 0.1) is 12.3 Å². The first kappa shape index (κ1) is 8.13. The Hall–Kier alpha value is -0.480. The molecular weight excluding hydrogens is 220 g/mol. The molecule has 0 radical (unpaired) electrons. The Labute approximate surface area is 79.3 Å². The summed E-state index contributed by atoms with van der Waals surface area (Å²) >= 11 is 3.32. The molecule has 0 aliphatic carbocycles. The van der Waals surface area contributed by atoms with Crippen LogP contribution in [0.4, 0.5) is 0 Å². The van der Waals surface area contributed by atoms with E-state index >= 15 is 0 Å². The van der Waals surface area contributed by atoms with Crippen molar-refractivity contribution < 1.29 is 4.74 Å². The van der Waals surface area contributed by atoms with Crippen molar-refractivity contribution >= 4 is 15.9 Å². The number of nitrogens with zero attached hydrogens (tertiary/aromatic N) is 2. The molecule has 1 aliphatic heterocycles. The van der Waals surface area contributed by atoms with Crippen LogP contribution in [0.1, 0.15) is 18.0 Å². The molecular formula is C8H9BrN2O. The van der Waals surface area contributed by atoms with Crippen LogP contribution in [0.2, 0.25) is 0 Å². The molecule has 0 bridgehead atoms. The van der Waals surface area contributed by atoms with Crippen LogP contribution in [0.3, 0.4) is 0 Å². The Morgan fingerprint density at radius 1 is 1.50 bits per heavy atom. The van der Waals surface area contributed by atoms with Crippen LogP contribution in [0, 0.1) is 0 Å². The fourth-order valence-electron chi connectivity index (χ4n) is 1.34. The summed E-state index contributed by atoms with van der Waals surface area (Å²) in [6, 6.07) is 1.96. The van der Waals surface area contributed by atoms with Crippen molar-refractivity contribution in [3.8, 4) is 0 Å². The molecule has 0 amide bonds. The summed E-state index contributed by atoms with van der Waals surface area (Å²) in [7, 11) is 0. The summed E-state index contributed by atoms with van der Waals surface area (Å²) in [5.74, 6) is 0.462. The molecule has 64 valence electrons. The molecule has 1 aromatic heterocycles. The van der Waals surface area contributed by atoms with E-state index in [-0.39, 0.29) is 0 Å². The van der Waals surface area contributed by atoms with Crippen LogP contribution in [-0.4, -0.2) is 23.2 Å². The maximum atomic E-state index is 5.28. The average Bonchev–Trinajstić information content (AvgIpc) is 2.56. The van der Waals surface area contributed by atoms with E-state index in [1.807, 2.05) is 6.07 Å². The number of hydrogen-bond donors (Lipinski definition) is 0. The monoisotopic (exact) mass is 228 g/mol. The lowest BCUT2D eigenvalue weighted by Gasteiger charge is -2.05. The lowest BCUT2D eigenvalue weighted by molar-refractivity contribution is 0.193. The lowest BCUT2D eigenvalue weighted by atomic mass is 10.1.